The zero-order valence-corrected chi connectivity index (χ0v) is 17.7. The van der Waals surface area contributed by atoms with Crippen molar-refractivity contribution >= 4 is 17.6 Å². The minimum absolute atomic E-state index is 0.134. The smallest absolute Gasteiger partial charge is 0.227 e. The Kier molecular flexibility index (Phi) is 5.97. The lowest BCUT2D eigenvalue weighted by molar-refractivity contribution is -0.131. The van der Waals surface area contributed by atoms with Crippen LogP contribution in [0.2, 0.25) is 0 Å². The van der Waals surface area contributed by atoms with E-state index in [2.05, 4.69) is 5.32 Å². The highest BCUT2D eigenvalue weighted by Gasteiger charge is 2.29. The van der Waals surface area contributed by atoms with Crippen molar-refractivity contribution in [2.45, 2.75) is 45.1 Å². The van der Waals surface area contributed by atoms with Gasteiger partial charge in [-0.05, 0) is 18.4 Å². The predicted octanol–water partition coefficient (Wildman–Crippen LogP) is 2.37. The summed E-state index contributed by atoms with van der Waals surface area (Å²) in [6.45, 7) is 4.37. The molecule has 0 radical (unpaired) electrons. The van der Waals surface area contributed by atoms with Crippen molar-refractivity contribution in [1.82, 2.24) is 19.8 Å². The fourth-order valence-electron chi connectivity index (χ4n) is 4.37. The van der Waals surface area contributed by atoms with Gasteiger partial charge in [-0.3, -0.25) is 9.59 Å². The number of rotatable bonds is 4. The number of carbonyl (C=O) groups is 2. The van der Waals surface area contributed by atoms with Gasteiger partial charge in [0.25, 0.3) is 0 Å². The van der Waals surface area contributed by atoms with Gasteiger partial charge in [0.05, 0.1) is 18.7 Å². The maximum Gasteiger partial charge on any atom is 0.227 e. The molecule has 2 aliphatic rings. The van der Waals surface area contributed by atoms with Crippen LogP contribution in [0.5, 0.6) is 0 Å². The molecule has 0 atom stereocenters. The molecule has 0 unspecified atom stereocenters. The molecule has 1 fully saturated rings. The number of benzene rings is 1. The first-order valence-electron chi connectivity index (χ1n) is 10.7. The lowest BCUT2D eigenvalue weighted by atomic mass is 9.95. The van der Waals surface area contributed by atoms with Gasteiger partial charge >= 0.3 is 0 Å². The van der Waals surface area contributed by atoms with E-state index in [0.717, 1.165) is 60.8 Å². The largest absolute Gasteiger partial charge is 0.373 e. The van der Waals surface area contributed by atoms with Crippen molar-refractivity contribution in [2.75, 3.05) is 32.0 Å². The van der Waals surface area contributed by atoms with Crippen LogP contribution in [0.3, 0.4) is 0 Å². The van der Waals surface area contributed by atoms with Gasteiger partial charge in [0.15, 0.2) is 0 Å². The van der Waals surface area contributed by atoms with Gasteiger partial charge in [0.2, 0.25) is 11.8 Å². The Morgan fingerprint density at radius 3 is 2.47 bits per heavy atom. The van der Waals surface area contributed by atoms with Gasteiger partial charge in [0, 0.05) is 51.5 Å². The topological polar surface area (TPSA) is 78.4 Å². The number of amides is 2. The molecular weight excluding hydrogens is 378 g/mol. The van der Waals surface area contributed by atoms with Gasteiger partial charge < -0.3 is 15.1 Å². The van der Waals surface area contributed by atoms with E-state index in [1.54, 1.807) is 6.92 Å². The van der Waals surface area contributed by atoms with E-state index in [-0.39, 0.29) is 17.7 Å². The van der Waals surface area contributed by atoms with Gasteiger partial charge in [-0.25, -0.2) is 9.97 Å². The number of aromatic nitrogens is 2. The Hall–Kier alpha value is -2.96. The molecule has 1 saturated heterocycles. The maximum absolute atomic E-state index is 12.8. The summed E-state index contributed by atoms with van der Waals surface area (Å²) in [7, 11) is 1.87. The molecule has 7 nitrogen and oxygen atoms in total. The fourth-order valence-corrected chi connectivity index (χ4v) is 4.37. The molecule has 1 aromatic carbocycles. The summed E-state index contributed by atoms with van der Waals surface area (Å²) in [5.74, 6) is 2.23. The third-order valence-electron chi connectivity index (χ3n) is 6.17. The SMILES string of the molecule is CNc1nc(C2CCN(C(C)=O)CC2)nc2c1CN(C(=O)Cc1ccccc1)CC2. The van der Waals surface area contributed by atoms with Crippen LogP contribution in [0.15, 0.2) is 30.3 Å². The summed E-state index contributed by atoms with van der Waals surface area (Å²) in [5, 5.41) is 3.22. The van der Waals surface area contributed by atoms with Crippen LogP contribution in [0, 0.1) is 0 Å². The molecule has 4 rings (SSSR count). The van der Waals surface area contributed by atoms with Gasteiger partial charge in [-0.1, -0.05) is 30.3 Å². The first-order valence-corrected chi connectivity index (χ1v) is 10.7. The normalized spacial score (nSPS) is 16.9. The molecule has 7 heteroatoms. The van der Waals surface area contributed by atoms with E-state index in [9.17, 15) is 9.59 Å². The Bertz CT molecular complexity index is 905. The molecular formula is C23H29N5O2. The van der Waals surface area contributed by atoms with E-state index in [0.29, 0.717) is 19.5 Å². The highest BCUT2D eigenvalue weighted by Crippen LogP contribution is 2.30. The monoisotopic (exact) mass is 407 g/mol. The highest BCUT2D eigenvalue weighted by atomic mass is 16.2. The molecule has 2 aromatic rings. The van der Waals surface area contributed by atoms with Crippen molar-refractivity contribution in [3.8, 4) is 0 Å². The first-order chi connectivity index (χ1) is 14.5. The van der Waals surface area contributed by atoms with E-state index in [1.165, 1.54) is 0 Å². The van der Waals surface area contributed by atoms with Gasteiger partial charge in [0.1, 0.15) is 11.6 Å². The molecule has 3 heterocycles. The van der Waals surface area contributed by atoms with Crippen molar-refractivity contribution in [2.24, 2.45) is 0 Å². The second-order valence-corrected chi connectivity index (χ2v) is 8.11. The molecule has 158 valence electrons. The molecule has 2 aliphatic heterocycles. The molecule has 2 amide bonds. The molecule has 1 aromatic heterocycles. The van der Waals surface area contributed by atoms with Crippen LogP contribution < -0.4 is 5.32 Å². The molecule has 1 N–H and O–H groups in total. The lowest BCUT2D eigenvalue weighted by Gasteiger charge is -2.33. The van der Waals surface area contributed by atoms with Crippen molar-refractivity contribution in [3.05, 3.63) is 53.0 Å². The summed E-state index contributed by atoms with van der Waals surface area (Å²) in [5.41, 5.74) is 3.10. The predicted molar refractivity (Wildman–Crippen MR) is 115 cm³/mol. The van der Waals surface area contributed by atoms with Crippen LogP contribution in [-0.2, 0) is 29.0 Å². The number of hydrogen-bond acceptors (Lipinski definition) is 5. The third kappa shape index (κ3) is 4.30. The number of anilines is 1. The average Bonchev–Trinajstić information content (AvgIpc) is 2.78. The number of carbonyl (C=O) groups excluding carboxylic acids is 2. The minimum Gasteiger partial charge on any atom is -0.373 e. The summed E-state index contributed by atoms with van der Waals surface area (Å²) in [4.78, 5) is 37.9. The molecule has 30 heavy (non-hydrogen) atoms. The number of hydrogen-bond donors (Lipinski definition) is 1. The number of fused-ring (bicyclic) bond motifs is 1. The average molecular weight is 408 g/mol. The highest BCUT2D eigenvalue weighted by molar-refractivity contribution is 5.79. The Morgan fingerprint density at radius 2 is 1.80 bits per heavy atom. The number of piperidine rings is 1. The van der Waals surface area contributed by atoms with Crippen molar-refractivity contribution < 1.29 is 9.59 Å². The zero-order chi connectivity index (χ0) is 21.1. The summed E-state index contributed by atoms with van der Waals surface area (Å²) >= 11 is 0. The number of likely N-dealkylation sites (tertiary alicyclic amines) is 1. The van der Waals surface area contributed by atoms with E-state index in [4.69, 9.17) is 9.97 Å². The third-order valence-corrected chi connectivity index (χ3v) is 6.17. The van der Waals surface area contributed by atoms with Crippen LogP contribution in [0.1, 0.15) is 48.3 Å². The summed E-state index contributed by atoms with van der Waals surface area (Å²) in [6, 6.07) is 9.86. The minimum atomic E-state index is 0.134. The molecule has 0 bridgehead atoms. The van der Waals surface area contributed by atoms with E-state index in [1.807, 2.05) is 47.2 Å². The van der Waals surface area contributed by atoms with Crippen LogP contribution in [-0.4, -0.2) is 58.3 Å². The van der Waals surface area contributed by atoms with Gasteiger partial charge in [-0.2, -0.15) is 0 Å². The Labute approximate surface area is 177 Å². The molecule has 0 spiro atoms. The maximum atomic E-state index is 12.8. The summed E-state index contributed by atoms with van der Waals surface area (Å²) in [6.07, 6.45) is 2.94. The molecule has 0 saturated carbocycles. The van der Waals surface area contributed by atoms with E-state index >= 15 is 0 Å². The molecule has 0 aliphatic carbocycles. The Balaban J connectivity index is 1.48. The van der Waals surface area contributed by atoms with Gasteiger partial charge in [-0.15, -0.1) is 0 Å². The first kappa shape index (κ1) is 20.3. The number of nitrogens with zero attached hydrogens (tertiary/aromatic N) is 4. The quantitative estimate of drug-likeness (QED) is 0.842. The second kappa shape index (κ2) is 8.81. The Morgan fingerprint density at radius 1 is 1.07 bits per heavy atom. The van der Waals surface area contributed by atoms with Crippen molar-refractivity contribution in [3.63, 3.8) is 0 Å². The second-order valence-electron chi connectivity index (χ2n) is 8.11. The number of nitrogens with one attached hydrogen (secondary N) is 1. The standard InChI is InChI=1S/C23H29N5O2/c1-16(29)27-11-8-18(9-12-27)22-25-20-10-13-28(15-19(20)23(24-2)26-22)21(30)14-17-6-4-3-5-7-17/h3-7,18H,8-15H2,1-2H3,(H,24,25,26). The van der Waals surface area contributed by atoms with Crippen LogP contribution >= 0.6 is 0 Å². The fraction of sp³-hybridized carbons (Fsp3) is 0.478. The van der Waals surface area contributed by atoms with Crippen molar-refractivity contribution in [1.29, 1.82) is 0 Å². The van der Waals surface area contributed by atoms with Crippen LogP contribution in [0.4, 0.5) is 5.82 Å². The van der Waals surface area contributed by atoms with Crippen LogP contribution in [0.25, 0.3) is 0 Å². The lowest BCUT2D eigenvalue weighted by Crippen LogP contribution is -2.39. The van der Waals surface area contributed by atoms with E-state index < -0.39 is 0 Å². The zero-order valence-electron chi connectivity index (χ0n) is 17.7. The summed E-state index contributed by atoms with van der Waals surface area (Å²) < 4.78 is 0.